The molecule has 2 saturated heterocycles. The Labute approximate surface area is 144 Å². The highest BCUT2D eigenvalue weighted by molar-refractivity contribution is 6.31. The molecule has 2 aliphatic heterocycles. The summed E-state index contributed by atoms with van der Waals surface area (Å²) in [5, 5.41) is 4.60. The van der Waals surface area contributed by atoms with Crippen LogP contribution in [0, 0.1) is 6.92 Å². The summed E-state index contributed by atoms with van der Waals surface area (Å²) in [5.41, 5.74) is 2.37. The first-order valence-corrected chi connectivity index (χ1v) is 8.93. The van der Waals surface area contributed by atoms with Gasteiger partial charge in [0.05, 0.1) is 18.8 Å². The van der Waals surface area contributed by atoms with Crippen molar-refractivity contribution in [2.45, 2.75) is 44.4 Å². The van der Waals surface area contributed by atoms with Crippen LogP contribution in [0.5, 0.6) is 0 Å². The second-order valence-electron chi connectivity index (χ2n) is 6.61. The van der Waals surface area contributed by atoms with Crippen LogP contribution in [0.15, 0.2) is 18.2 Å². The van der Waals surface area contributed by atoms with Crippen molar-refractivity contribution < 1.29 is 9.47 Å². The Morgan fingerprint density at radius 2 is 2.04 bits per heavy atom. The number of aryl methyl sites for hydroxylation is 1. The number of nitrogens with zero attached hydrogens (tertiary/aromatic N) is 1. The fourth-order valence-corrected chi connectivity index (χ4v) is 3.72. The molecule has 2 heterocycles. The summed E-state index contributed by atoms with van der Waals surface area (Å²) in [5.74, 6) is 0. The van der Waals surface area contributed by atoms with Crippen molar-refractivity contribution in [1.82, 2.24) is 5.32 Å². The molecule has 1 aromatic rings. The Bertz CT molecular complexity index is 518. The van der Waals surface area contributed by atoms with Gasteiger partial charge in [-0.2, -0.15) is 0 Å². The first-order chi connectivity index (χ1) is 11.2. The van der Waals surface area contributed by atoms with Gasteiger partial charge in [-0.1, -0.05) is 17.7 Å². The molecule has 0 amide bonds. The Hall–Kier alpha value is -0.810. The molecule has 2 atom stereocenters. The summed E-state index contributed by atoms with van der Waals surface area (Å²) in [4.78, 5) is 2.43. The summed E-state index contributed by atoms with van der Waals surface area (Å²) in [7, 11) is 1.80. The number of ether oxygens (including phenoxy) is 2. The van der Waals surface area contributed by atoms with Crippen LogP contribution in [-0.4, -0.2) is 51.6 Å². The molecular weight excluding hydrogens is 312 g/mol. The van der Waals surface area contributed by atoms with E-state index >= 15 is 0 Å². The highest BCUT2D eigenvalue weighted by Gasteiger charge is 2.29. The first-order valence-electron chi connectivity index (χ1n) is 8.55. The van der Waals surface area contributed by atoms with Gasteiger partial charge < -0.3 is 19.7 Å². The van der Waals surface area contributed by atoms with Crippen LogP contribution in [0.1, 0.15) is 24.8 Å². The van der Waals surface area contributed by atoms with E-state index in [1.165, 1.54) is 5.69 Å². The maximum Gasteiger partial charge on any atom is 0.0768 e. The van der Waals surface area contributed by atoms with Crippen molar-refractivity contribution in [2.75, 3.05) is 38.3 Å². The molecule has 0 radical (unpaired) electrons. The van der Waals surface area contributed by atoms with Crippen LogP contribution in [0.2, 0.25) is 5.02 Å². The SMILES string of the molecule is CO[C@@H]1CCOC[C@H]1NC1CCN(c2ccc(C)c(Cl)c2)CC1. The molecule has 0 bridgehead atoms. The topological polar surface area (TPSA) is 33.7 Å². The number of halogens is 1. The van der Waals surface area contributed by atoms with E-state index in [-0.39, 0.29) is 6.10 Å². The molecular formula is C18H27ClN2O2. The predicted octanol–water partition coefficient (Wildman–Crippen LogP) is 3.01. The van der Waals surface area contributed by atoms with E-state index < -0.39 is 0 Å². The number of anilines is 1. The lowest BCUT2D eigenvalue weighted by molar-refractivity contribution is -0.0406. The maximum absolute atomic E-state index is 6.26. The number of rotatable bonds is 4. The average molecular weight is 339 g/mol. The van der Waals surface area contributed by atoms with Gasteiger partial charge in [-0.15, -0.1) is 0 Å². The van der Waals surface area contributed by atoms with Gasteiger partial charge in [0.2, 0.25) is 0 Å². The van der Waals surface area contributed by atoms with Crippen molar-refractivity contribution >= 4 is 17.3 Å². The van der Waals surface area contributed by atoms with Gasteiger partial charge in [0, 0.05) is 43.6 Å². The molecule has 23 heavy (non-hydrogen) atoms. The molecule has 2 aliphatic rings. The third kappa shape index (κ3) is 4.18. The molecule has 2 fully saturated rings. The zero-order valence-corrected chi connectivity index (χ0v) is 14.8. The Morgan fingerprint density at radius 3 is 2.74 bits per heavy atom. The normalized spacial score (nSPS) is 26.5. The third-order valence-corrected chi connectivity index (χ3v) is 5.47. The number of hydrogen-bond donors (Lipinski definition) is 1. The van der Waals surface area contributed by atoms with Gasteiger partial charge in [-0.3, -0.25) is 0 Å². The lowest BCUT2D eigenvalue weighted by Crippen LogP contribution is -2.54. The molecule has 1 aromatic carbocycles. The number of benzene rings is 1. The van der Waals surface area contributed by atoms with Crippen LogP contribution in [0.25, 0.3) is 0 Å². The standard InChI is InChI=1S/C18H27ClN2O2/c1-13-3-4-15(11-16(13)19)21-8-5-14(6-9-21)20-17-12-23-10-7-18(17)22-2/h3-4,11,14,17-18,20H,5-10,12H2,1-2H3/t17-,18-/m1/s1. The van der Waals surface area contributed by atoms with Crippen LogP contribution in [0.4, 0.5) is 5.69 Å². The quantitative estimate of drug-likeness (QED) is 0.915. The molecule has 0 spiro atoms. The summed E-state index contributed by atoms with van der Waals surface area (Å²) in [6, 6.07) is 7.21. The van der Waals surface area contributed by atoms with Crippen molar-refractivity contribution in [1.29, 1.82) is 0 Å². The largest absolute Gasteiger partial charge is 0.380 e. The summed E-state index contributed by atoms with van der Waals surface area (Å²) in [6.45, 7) is 5.72. The van der Waals surface area contributed by atoms with Gasteiger partial charge >= 0.3 is 0 Å². The smallest absolute Gasteiger partial charge is 0.0768 e. The highest BCUT2D eigenvalue weighted by atomic mass is 35.5. The summed E-state index contributed by atoms with van der Waals surface area (Å²) < 4.78 is 11.2. The molecule has 0 aliphatic carbocycles. The Balaban J connectivity index is 1.52. The minimum atomic E-state index is 0.276. The van der Waals surface area contributed by atoms with Crippen LogP contribution < -0.4 is 10.2 Å². The number of methoxy groups -OCH3 is 1. The van der Waals surface area contributed by atoms with E-state index in [9.17, 15) is 0 Å². The number of hydrogen-bond acceptors (Lipinski definition) is 4. The van der Waals surface area contributed by atoms with Crippen molar-refractivity contribution in [3.05, 3.63) is 28.8 Å². The molecule has 3 rings (SSSR count). The van der Waals surface area contributed by atoms with Gasteiger partial charge in [0.15, 0.2) is 0 Å². The van der Waals surface area contributed by atoms with E-state index in [1.54, 1.807) is 7.11 Å². The zero-order chi connectivity index (χ0) is 16.2. The van der Waals surface area contributed by atoms with E-state index in [2.05, 4.69) is 28.4 Å². The molecule has 0 unspecified atom stereocenters. The second-order valence-corrected chi connectivity index (χ2v) is 7.01. The molecule has 0 aromatic heterocycles. The summed E-state index contributed by atoms with van der Waals surface area (Å²) >= 11 is 6.26. The third-order valence-electron chi connectivity index (χ3n) is 5.06. The van der Waals surface area contributed by atoms with Crippen molar-refractivity contribution in [3.8, 4) is 0 Å². The minimum absolute atomic E-state index is 0.276. The summed E-state index contributed by atoms with van der Waals surface area (Å²) in [6.07, 6.45) is 3.53. The van der Waals surface area contributed by atoms with Gasteiger partial charge in [0.1, 0.15) is 0 Å². The molecule has 128 valence electrons. The molecule has 1 N–H and O–H groups in total. The zero-order valence-electron chi connectivity index (χ0n) is 14.1. The molecule has 4 nitrogen and oxygen atoms in total. The van der Waals surface area contributed by atoms with Crippen LogP contribution >= 0.6 is 11.6 Å². The van der Waals surface area contributed by atoms with Gasteiger partial charge in [-0.05, 0) is 43.9 Å². The molecule has 0 saturated carbocycles. The lowest BCUT2D eigenvalue weighted by atomic mass is 10.00. The minimum Gasteiger partial charge on any atom is -0.380 e. The monoisotopic (exact) mass is 338 g/mol. The van der Waals surface area contributed by atoms with E-state index in [4.69, 9.17) is 21.1 Å². The van der Waals surface area contributed by atoms with Gasteiger partial charge in [-0.25, -0.2) is 0 Å². The second kappa shape index (κ2) is 7.84. The van der Waals surface area contributed by atoms with E-state index in [0.717, 1.165) is 56.2 Å². The average Bonchev–Trinajstić information content (AvgIpc) is 2.58. The number of nitrogens with one attached hydrogen (secondary N) is 1. The lowest BCUT2D eigenvalue weighted by Gasteiger charge is -2.38. The fraction of sp³-hybridized carbons (Fsp3) is 0.667. The van der Waals surface area contributed by atoms with Gasteiger partial charge in [0.25, 0.3) is 0 Å². The fourth-order valence-electron chi connectivity index (χ4n) is 3.54. The first kappa shape index (κ1) is 17.0. The number of piperidine rings is 1. The maximum atomic E-state index is 6.26. The van der Waals surface area contributed by atoms with Crippen molar-refractivity contribution in [2.24, 2.45) is 0 Å². The van der Waals surface area contributed by atoms with E-state index in [1.807, 2.05) is 6.92 Å². The van der Waals surface area contributed by atoms with Crippen molar-refractivity contribution in [3.63, 3.8) is 0 Å². The molecule has 5 heteroatoms. The highest BCUT2D eigenvalue weighted by Crippen LogP contribution is 2.26. The Kier molecular flexibility index (Phi) is 5.81. The predicted molar refractivity (Wildman–Crippen MR) is 94.6 cm³/mol. The van der Waals surface area contributed by atoms with Crippen LogP contribution in [-0.2, 0) is 9.47 Å². The van der Waals surface area contributed by atoms with E-state index in [0.29, 0.717) is 12.1 Å². The van der Waals surface area contributed by atoms with Crippen LogP contribution in [0.3, 0.4) is 0 Å². The Morgan fingerprint density at radius 1 is 1.26 bits per heavy atom.